The van der Waals surface area contributed by atoms with Gasteiger partial charge < -0.3 is 14.7 Å². The number of aliphatic hydroxyl groups excluding tert-OH is 1. The second-order valence-corrected chi connectivity index (χ2v) is 6.92. The second kappa shape index (κ2) is 8.36. The molecule has 1 saturated heterocycles. The lowest BCUT2D eigenvalue weighted by Crippen LogP contribution is -2.31. The van der Waals surface area contributed by atoms with E-state index in [9.17, 15) is 14.7 Å². The molecule has 1 aromatic carbocycles. The van der Waals surface area contributed by atoms with Gasteiger partial charge >= 0.3 is 0 Å². The van der Waals surface area contributed by atoms with Crippen LogP contribution in [0.2, 0.25) is 0 Å². The Morgan fingerprint density at radius 3 is 2.70 bits per heavy atom. The molecule has 1 N–H and O–H groups in total. The summed E-state index contributed by atoms with van der Waals surface area (Å²) in [5.74, 6) is 1.72. The minimum absolute atomic E-state index is 0.0212. The monoisotopic (exact) mass is 337 g/mol. The first kappa shape index (κ1) is 17.8. The fraction of sp³-hybridized carbons (Fsp3) is 0.529. The molecule has 0 radical (unpaired) electrons. The number of aliphatic hydroxyl groups is 1. The SMILES string of the molecule is COc1ccc(C(CCO)N2CC(CSC(C)=O)CC2=O)cc1. The average molecular weight is 337 g/mol. The predicted octanol–water partition coefficient (Wildman–Crippen LogP) is 2.25. The number of hydrogen-bond acceptors (Lipinski definition) is 5. The molecule has 1 aliphatic heterocycles. The van der Waals surface area contributed by atoms with Crippen molar-refractivity contribution >= 4 is 22.8 Å². The Morgan fingerprint density at radius 2 is 2.13 bits per heavy atom. The highest BCUT2D eigenvalue weighted by Gasteiger charge is 2.34. The van der Waals surface area contributed by atoms with E-state index in [1.54, 1.807) is 14.0 Å². The Hall–Kier alpha value is -1.53. The summed E-state index contributed by atoms with van der Waals surface area (Å²) >= 11 is 1.27. The van der Waals surface area contributed by atoms with Crippen molar-refractivity contribution in [1.82, 2.24) is 4.90 Å². The molecule has 23 heavy (non-hydrogen) atoms. The smallest absolute Gasteiger partial charge is 0.223 e. The summed E-state index contributed by atoms with van der Waals surface area (Å²) in [6.07, 6.45) is 0.975. The van der Waals surface area contributed by atoms with Crippen LogP contribution in [0.1, 0.15) is 31.4 Å². The van der Waals surface area contributed by atoms with Crippen molar-refractivity contribution in [3.05, 3.63) is 29.8 Å². The van der Waals surface area contributed by atoms with Gasteiger partial charge in [0.05, 0.1) is 13.2 Å². The standard InChI is InChI=1S/C17H23NO4S/c1-12(20)23-11-13-9-17(21)18(10-13)16(7-8-19)14-3-5-15(22-2)6-4-14/h3-6,13,16,19H,7-11H2,1-2H3. The van der Waals surface area contributed by atoms with Crippen molar-refractivity contribution in [2.45, 2.75) is 25.8 Å². The van der Waals surface area contributed by atoms with Crippen LogP contribution in [0.25, 0.3) is 0 Å². The lowest BCUT2D eigenvalue weighted by Gasteiger charge is -2.28. The van der Waals surface area contributed by atoms with E-state index in [0.717, 1.165) is 11.3 Å². The molecule has 6 heteroatoms. The molecule has 1 aliphatic rings. The molecule has 0 spiro atoms. The Morgan fingerprint density at radius 1 is 1.43 bits per heavy atom. The van der Waals surface area contributed by atoms with E-state index in [4.69, 9.17) is 4.74 Å². The normalized spacial score (nSPS) is 19.0. The van der Waals surface area contributed by atoms with Gasteiger partial charge in [0.15, 0.2) is 5.12 Å². The topological polar surface area (TPSA) is 66.8 Å². The van der Waals surface area contributed by atoms with E-state index in [-0.39, 0.29) is 29.6 Å². The van der Waals surface area contributed by atoms with Gasteiger partial charge in [0.2, 0.25) is 5.91 Å². The van der Waals surface area contributed by atoms with Crippen LogP contribution in [-0.4, -0.2) is 47.0 Å². The number of nitrogens with zero attached hydrogens (tertiary/aromatic N) is 1. The van der Waals surface area contributed by atoms with Gasteiger partial charge in [0.25, 0.3) is 0 Å². The number of carbonyl (C=O) groups excluding carboxylic acids is 2. The van der Waals surface area contributed by atoms with Crippen LogP contribution in [-0.2, 0) is 9.59 Å². The number of carbonyl (C=O) groups is 2. The largest absolute Gasteiger partial charge is 0.497 e. The molecule has 2 unspecified atom stereocenters. The molecule has 5 nitrogen and oxygen atoms in total. The quantitative estimate of drug-likeness (QED) is 0.826. The van der Waals surface area contributed by atoms with Crippen LogP contribution in [0.15, 0.2) is 24.3 Å². The first-order chi connectivity index (χ1) is 11.0. The molecule has 1 amide bonds. The van der Waals surface area contributed by atoms with Crippen molar-refractivity contribution in [3.63, 3.8) is 0 Å². The highest BCUT2D eigenvalue weighted by atomic mass is 32.2. The minimum Gasteiger partial charge on any atom is -0.497 e. The van der Waals surface area contributed by atoms with Gasteiger partial charge in [-0.1, -0.05) is 23.9 Å². The zero-order valence-electron chi connectivity index (χ0n) is 13.5. The van der Waals surface area contributed by atoms with Crippen molar-refractivity contribution < 1.29 is 19.4 Å². The van der Waals surface area contributed by atoms with Gasteiger partial charge in [-0.15, -0.1) is 0 Å². The number of methoxy groups -OCH3 is 1. The first-order valence-electron chi connectivity index (χ1n) is 7.72. The maximum absolute atomic E-state index is 12.4. The van der Waals surface area contributed by atoms with Gasteiger partial charge in [0.1, 0.15) is 5.75 Å². The van der Waals surface area contributed by atoms with E-state index in [0.29, 0.717) is 25.1 Å². The molecule has 0 aromatic heterocycles. The predicted molar refractivity (Wildman–Crippen MR) is 90.4 cm³/mol. The molecule has 2 atom stereocenters. The molecular formula is C17H23NO4S. The Bertz CT molecular complexity index is 546. The molecule has 1 fully saturated rings. The number of likely N-dealkylation sites (tertiary alicyclic amines) is 1. The number of thioether (sulfide) groups is 1. The molecule has 0 bridgehead atoms. The number of ether oxygens (including phenoxy) is 1. The Balaban J connectivity index is 2.10. The van der Waals surface area contributed by atoms with Crippen LogP contribution in [0.3, 0.4) is 0 Å². The minimum atomic E-state index is -0.134. The number of benzene rings is 1. The van der Waals surface area contributed by atoms with Crippen LogP contribution >= 0.6 is 11.8 Å². The van der Waals surface area contributed by atoms with Crippen molar-refractivity contribution in [2.24, 2.45) is 5.92 Å². The Kier molecular flexibility index (Phi) is 6.47. The average Bonchev–Trinajstić information content (AvgIpc) is 2.91. The maximum atomic E-state index is 12.4. The maximum Gasteiger partial charge on any atom is 0.223 e. The van der Waals surface area contributed by atoms with Crippen LogP contribution in [0, 0.1) is 5.92 Å². The fourth-order valence-corrected chi connectivity index (χ4v) is 3.60. The second-order valence-electron chi connectivity index (χ2n) is 5.72. The highest BCUT2D eigenvalue weighted by molar-refractivity contribution is 8.13. The summed E-state index contributed by atoms with van der Waals surface area (Å²) in [6, 6.07) is 7.46. The van der Waals surface area contributed by atoms with E-state index in [2.05, 4.69) is 0 Å². The van der Waals surface area contributed by atoms with E-state index >= 15 is 0 Å². The summed E-state index contributed by atoms with van der Waals surface area (Å²) in [6.45, 7) is 2.20. The first-order valence-corrected chi connectivity index (χ1v) is 8.71. The summed E-state index contributed by atoms with van der Waals surface area (Å²) < 4.78 is 5.16. The molecule has 1 aromatic rings. The molecular weight excluding hydrogens is 314 g/mol. The fourth-order valence-electron chi connectivity index (χ4n) is 2.91. The number of amides is 1. The highest BCUT2D eigenvalue weighted by Crippen LogP contribution is 2.33. The van der Waals surface area contributed by atoms with Gasteiger partial charge in [-0.05, 0) is 30.0 Å². The molecule has 0 aliphatic carbocycles. The summed E-state index contributed by atoms with van der Waals surface area (Å²) in [4.78, 5) is 25.3. The molecule has 2 rings (SSSR count). The lowest BCUT2D eigenvalue weighted by molar-refractivity contribution is -0.130. The van der Waals surface area contributed by atoms with Gasteiger partial charge in [-0.3, -0.25) is 9.59 Å². The zero-order chi connectivity index (χ0) is 16.8. The lowest BCUT2D eigenvalue weighted by atomic mass is 10.0. The van der Waals surface area contributed by atoms with Gasteiger partial charge in [0, 0.05) is 32.2 Å². The summed E-state index contributed by atoms with van der Waals surface area (Å²) in [7, 11) is 1.61. The van der Waals surface area contributed by atoms with Crippen LogP contribution in [0.4, 0.5) is 0 Å². The Labute approximate surface area is 141 Å². The summed E-state index contributed by atoms with van der Waals surface area (Å²) in [5, 5.41) is 9.46. The molecule has 126 valence electrons. The van der Waals surface area contributed by atoms with Crippen LogP contribution in [0.5, 0.6) is 5.75 Å². The van der Waals surface area contributed by atoms with Gasteiger partial charge in [-0.2, -0.15) is 0 Å². The third kappa shape index (κ3) is 4.72. The van der Waals surface area contributed by atoms with E-state index < -0.39 is 0 Å². The number of rotatable bonds is 7. The van der Waals surface area contributed by atoms with E-state index in [1.165, 1.54) is 11.8 Å². The van der Waals surface area contributed by atoms with Crippen molar-refractivity contribution in [3.8, 4) is 5.75 Å². The van der Waals surface area contributed by atoms with E-state index in [1.807, 2.05) is 29.2 Å². The third-order valence-electron chi connectivity index (χ3n) is 4.04. The summed E-state index contributed by atoms with van der Waals surface area (Å²) in [5.41, 5.74) is 0.994. The van der Waals surface area contributed by atoms with Gasteiger partial charge in [-0.25, -0.2) is 0 Å². The molecule has 1 heterocycles. The number of hydrogen-bond donors (Lipinski definition) is 1. The van der Waals surface area contributed by atoms with Crippen molar-refractivity contribution in [2.75, 3.05) is 26.0 Å². The third-order valence-corrected chi connectivity index (χ3v) is 5.08. The zero-order valence-corrected chi connectivity index (χ0v) is 14.3. The molecule has 0 saturated carbocycles. The van der Waals surface area contributed by atoms with Crippen molar-refractivity contribution in [1.29, 1.82) is 0 Å². The van der Waals surface area contributed by atoms with Crippen LogP contribution < -0.4 is 4.74 Å².